The van der Waals surface area contributed by atoms with Gasteiger partial charge in [0.1, 0.15) is 11.6 Å². The molecular formula is C11H11ClF3NO2. The number of carbonyl (C=O) groups excluding carboxylic acids is 1. The summed E-state index contributed by atoms with van der Waals surface area (Å²) in [4.78, 5) is 12.6. The van der Waals surface area contributed by atoms with E-state index in [-0.39, 0.29) is 23.7 Å². The van der Waals surface area contributed by atoms with Crippen molar-refractivity contribution in [3.63, 3.8) is 0 Å². The predicted octanol–water partition coefficient (Wildman–Crippen LogP) is 2.48. The second kappa shape index (κ2) is 6.49. The maximum atomic E-state index is 13.4. The monoisotopic (exact) mass is 281 g/mol. The lowest BCUT2D eigenvalue weighted by Gasteiger charge is -2.21. The van der Waals surface area contributed by atoms with E-state index in [1.165, 1.54) is 0 Å². The van der Waals surface area contributed by atoms with Crippen molar-refractivity contribution in [2.75, 3.05) is 19.0 Å². The molecule has 0 saturated carbocycles. The van der Waals surface area contributed by atoms with Crippen LogP contribution in [0.3, 0.4) is 0 Å². The Morgan fingerprint density at radius 2 is 2.11 bits per heavy atom. The van der Waals surface area contributed by atoms with Crippen LogP contribution in [0.2, 0.25) is 0 Å². The minimum Gasteiger partial charge on any atom is -0.508 e. The molecule has 0 fully saturated rings. The van der Waals surface area contributed by atoms with Gasteiger partial charge in [-0.25, -0.2) is 13.2 Å². The number of amides is 1. The maximum absolute atomic E-state index is 13.4. The first kappa shape index (κ1) is 14.6. The molecule has 1 amide bonds. The fourth-order valence-corrected chi connectivity index (χ4v) is 1.60. The van der Waals surface area contributed by atoms with Gasteiger partial charge in [-0.15, -0.1) is 11.6 Å². The van der Waals surface area contributed by atoms with E-state index in [2.05, 4.69) is 0 Å². The van der Waals surface area contributed by atoms with Crippen LogP contribution in [-0.4, -0.2) is 41.3 Å². The van der Waals surface area contributed by atoms with Crippen molar-refractivity contribution in [2.24, 2.45) is 0 Å². The zero-order valence-electron chi connectivity index (χ0n) is 9.25. The average molecular weight is 282 g/mol. The number of halogens is 4. The Labute approximate surface area is 107 Å². The van der Waals surface area contributed by atoms with Crippen LogP contribution in [-0.2, 0) is 0 Å². The van der Waals surface area contributed by atoms with Crippen molar-refractivity contribution in [1.82, 2.24) is 4.90 Å². The van der Waals surface area contributed by atoms with Gasteiger partial charge in [-0.05, 0) is 12.1 Å². The lowest BCUT2D eigenvalue weighted by atomic mass is 10.1. The molecule has 0 atom stereocenters. The van der Waals surface area contributed by atoms with Crippen LogP contribution in [0, 0.1) is 5.82 Å². The van der Waals surface area contributed by atoms with Gasteiger partial charge in [-0.1, -0.05) is 0 Å². The van der Waals surface area contributed by atoms with Gasteiger partial charge in [0.2, 0.25) is 0 Å². The minimum absolute atomic E-state index is 0.0296. The number of rotatable bonds is 5. The molecule has 0 spiro atoms. The molecule has 1 N–H and O–H groups in total. The van der Waals surface area contributed by atoms with Gasteiger partial charge in [0.25, 0.3) is 12.3 Å². The Hall–Kier alpha value is -1.43. The number of aromatic hydroxyl groups is 1. The zero-order valence-corrected chi connectivity index (χ0v) is 10.0. The Morgan fingerprint density at radius 3 is 2.61 bits per heavy atom. The van der Waals surface area contributed by atoms with Crippen molar-refractivity contribution >= 4 is 17.5 Å². The van der Waals surface area contributed by atoms with Crippen LogP contribution in [0.5, 0.6) is 5.75 Å². The van der Waals surface area contributed by atoms with Crippen LogP contribution < -0.4 is 0 Å². The molecule has 0 aliphatic rings. The predicted molar refractivity (Wildman–Crippen MR) is 60.7 cm³/mol. The number of hydrogen-bond donors (Lipinski definition) is 1. The molecule has 1 rings (SSSR count). The smallest absolute Gasteiger partial charge is 0.257 e. The second-order valence-corrected chi connectivity index (χ2v) is 3.87. The Morgan fingerprint density at radius 1 is 1.44 bits per heavy atom. The summed E-state index contributed by atoms with van der Waals surface area (Å²) in [6.45, 7) is -0.920. The van der Waals surface area contributed by atoms with Crippen molar-refractivity contribution < 1.29 is 23.1 Å². The molecule has 100 valence electrons. The van der Waals surface area contributed by atoms with Crippen LogP contribution in [0.4, 0.5) is 13.2 Å². The molecule has 0 aliphatic heterocycles. The molecule has 1 aromatic carbocycles. The van der Waals surface area contributed by atoms with Gasteiger partial charge in [0.05, 0.1) is 12.1 Å². The number of alkyl halides is 3. The highest BCUT2D eigenvalue weighted by molar-refractivity contribution is 6.18. The molecule has 0 bridgehead atoms. The first-order chi connectivity index (χ1) is 8.45. The number of nitrogens with zero attached hydrogens (tertiary/aromatic N) is 1. The Balaban J connectivity index is 2.94. The summed E-state index contributed by atoms with van der Waals surface area (Å²) < 4.78 is 38.0. The second-order valence-electron chi connectivity index (χ2n) is 3.50. The quantitative estimate of drug-likeness (QED) is 0.843. The first-order valence-electron chi connectivity index (χ1n) is 5.07. The summed E-state index contributed by atoms with van der Waals surface area (Å²) >= 11 is 5.40. The van der Waals surface area contributed by atoms with Crippen LogP contribution in [0.1, 0.15) is 10.4 Å². The van der Waals surface area contributed by atoms with E-state index in [9.17, 15) is 18.0 Å². The summed E-state index contributed by atoms with van der Waals surface area (Å²) in [7, 11) is 0. The highest BCUT2D eigenvalue weighted by Gasteiger charge is 2.22. The number of phenols is 1. The van der Waals surface area contributed by atoms with Gasteiger partial charge in [0, 0.05) is 18.5 Å². The first-order valence-corrected chi connectivity index (χ1v) is 5.61. The standard InChI is InChI=1S/C11H11ClF3NO2/c12-3-4-16(6-10(14)15)11(18)8-2-1-7(17)5-9(8)13/h1-2,5,10,17H,3-4,6H2. The van der Waals surface area contributed by atoms with E-state index < -0.39 is 24.7 Å². The Bertz CT molecular complexity index is 429. The molecule has 0 heterocycles. The number of benzene rings is 1. The highest BCUT2D eigenvalue weighted by atomic mass is 35.5. The molecule has 0 aliphatic carbocycles. The van der Waals surface area contributed by atoms with Crippen LogP contribution >= 0.6 is 11.6 Å². The normalized spacial score (nSPS) is 10.7. The van der Waals surface area contributed by atoms with Crippen molar-refractivity contribution in [3.05, 3.63) is 29.6 Å². The molecule has 0 unspecified atom stereocenters. The highest BCUT2D eigenvalue weighted by Crippen LogP contribution is 2.17. The van der Waals surface area contributed by atoms with Crippen molar-refractivity contribution in [2.45, 2.75) is 6.43 Å². The van der Waals surface area contributed by atoms with Gasteiger partial charge in [-0.3, -0.25) is 4.79 Å². The number of phenolic OH excluding ortho intramolecular Hbond substituents is 1. The third-order valence-electron chi connectivity index (χ3n) is 2.18. The molecular weight excluding hydrogens is 271 g/mol. The molecule has 7 heteroatoms. The Kier molecular flexibility index (Phi) is 5.27. The van der Waals surface area contributed by atoms with Crippen molar-refractivity contribution in [3.8, 4) is 5.75 Å². The minimum atomic E-state index is -2.72. The molecule has 18 heavy (non-hydrogen) atoms. The van der Waals surface area contributed by atoms with E-state index >= 15 is 0 Å². The molecule has 0 radical (unpaired) electrons. The summed E-state index contributed by atoms with van der Waals surface area (Å²) in [6.07, 6.45) is -2.72. The summed E-state index contributed by atoms with van der Waals surface area (Å²) in [5.41, 5.74) is -0.376. The van der Waals surface area contributed by atoms with Gasteiger partial charge < -0.3 is 10.0 Å². The third-order valence-corrected chi connectivity index (χ3v) is 2.35. The van der Waals surface area contributed by atoms with Crippen LogP contribution in [0.25, 0.3) is 0 Å². The fourth-order valence-electron chi connectivity index (χ4n) is 1.39. The number of hydrogen-bond acceptors (Lipinski definition) is 2. The zero-order chi connectivity index (χ0) is 13.7. The molecule has 3 nitrogen and oxygen atoms in total. The topological polar surface area (TPSA) is 40.5 Å². The summed E-state index contributed by atoms with van der Waals surface area (Å²) in [5.74, 6) is -2.22. The summed E-state index contributed by atoms with van der Waals surface area (Å²) in [5, 5.41) is 9.00. The van der Waals surface area contributed by atoms with Crippen LogP contribution in [0.15, 0.2) is 18.2 Å². The van der Waals surface area contributed by atoms with E-state index in [4.69, 9.17) is 16.7 Å². The SMILES string of the molecule is O=C(c1ccc(O)cc1F)N(CCCl)CC(F)F. The van der Waals surface area contributed by atoms with Gasteiger partial charge >= 0.3 is 0 Å². The summed E-state index contributed by atoms with van der Waals surface area (Å²) in [6, 6.07) is 2.89. The van der Waals surface area contributed by atoms with E-state index in [0.29, 0.717) is 0 Å². The largest absolute Gasteiger partial charge is 0.508 e. The van der Waals surface area contributed by atoms with E-state index in [0.717, 1.165) is 23.1 Å². The number of carbonyl (C=O) groups is 1. The fraction of sp³-hybridized carbons (Fsp3) is 0.364. The van der Waals surface area contributed by atoms with E-state index in [1.807, 2.05) is 0 Å². The molecule has 0 aromatic heterocycles. The average Bonchev–Trinajstić information content (AvgIpc) is 2.27. The lowest BCUT2D eigenvalue weighted by molar-refractivity contribution is 0.0567. The molecule has 0 saturated heterocycles. The molecule has 1 aromatic rings. The van der Waals surface area contributed by atoms with Gasteiger partial charge in [0.15, 0.2) is 0 Å². The lowest BCUT2D eigenvalue weighted by Crippen LogP contribution is -2.37. The van der Waals surface area contributed by atoms with Crippen molar-refractivity contribution in [1.29, 1.82) is 0 Å². The van der Waals surface area contributed by atoms with E-state index in [1.54, 1.807) is 0 Å². The maximum Gasteiger partial charge on any atom is 0.257 e. The third kappa shape index (κ3) is 3.80. The van der Waals surface area contributed by atoms with Gasteiger partial charge in [-0.2, -0.15) is 0 Å².